The first-order valence-corrected chi connectivity index (χ1v) is 15.1. The number of non-ortho nitro benzene ring substituents is 1. The molecule has 2 aromatic rings. The fourth-order valence-corrected chi connectivity index (χ4v) is 4.26. The Balaban J connectivity index is 1.54. The summed E-state index contributed by atoms with van der Waals surface area (Å²) in [5.41, 5.74) is 0.367. The molecule has 11 heteroatoms. The SMILES string of the molecule is CC(C)(C)OC(=O)NCCCCCCCCCCCCOc1cc(OCCNc2ccc([N+](=O)[O-])cc2)cc(C(=O)O)c1. The minimum atomic E-state index is -1.06. The van der Waals surface area contributed by atoms with Crippen molar-refractivity contribution in [2.24, 2.45) is 0 Å². The van der Waals surface area contributed by atoms with Gasteiger partial charge < -0.3 is 30.0 Å². The predicted molar refractivity (Wildman–Crippen MR) is 166 cm³/mol. The summed E-state index contributed by atoms with van der Waals surface area (Å²) in [7, 11) is 0. The highest BCUT2D eigenvalue weighted by molar-refractivity contribution is 5.88. The van der Waals surface area contributed by atoms with Gasteiger partial charge >= 0.3 is 12.1 Å². The van der Waals surface area contributed by atoms with Crippen molar-refractivity contribution in [3.63, 3.8) is 0 Å². The third-order valence-corrected chi connectivity index (χ3v) is 6.41. The second kappa shape index (κ2) is 19.2. The number of benzene rings is 2. The molecule has 43 heavy (non-hydrogen) atoms. The van der Waals surface area contributed by atoms with E-state index >= 15 is 0 Å². The maximum absolute atomic E-state index is 11.6. The number of nitro benzene ring substituents is 1. The Bertz CT molecular complexity index is 1130. The van der Waals surface area contributed by atoms with Crippen LogP contribution in [0.4, 0.5) is 16.2 Å². The van der Waals surface area contributed by atoms with Crippen molar-refractivity contribution >= 4 is 23.4 Å². The quantitative estimate of drug-likeness (QED) is 0.0747. The lowest BCUT2D eigenvalue weighted by atomic mass is 10.1. The Morgan fingerprint density at radius 3 is 1.86 bits per heavy atom. The molecule has 238 valence electrons. The summed E-state index contributed by atoms with van der Waals surface area (Å²) in [5.74, 6) is -0.198. The Hall–Kier alpha value is -4.02. The average Bonchev–Trinajstić information content (AvgIpc) is 2.94. The Morgan fingerprint density at radius 1 is 0.791 bits per heavy atom. The van der Waals surface area contributed by atoms with Gasteiger partial charge in [0.2, 0.25) is 0 Å². The van der Waals surface area contributed by atoms with Crippen LogP contribution in [0.15, 0.2) is 42.5 Å². The van der Waals surface area contributed by atoms with Crippen molar-refractivity contribution in [3.8, 4) is 11.5 Å². The molecule has 0 spiro atoms. The zero-order valence-corrected chi connectivity index (χ0v) is 25.7. The molecule has 0 aliphatic heterocycles. The summed E-state index contributed by atoms with van der Waals surface area (Å²) >= 11 is 0. The largest absolute Gasteiger partial charge is 0.493 e. The summed E-state index contributed by atoms with van der Waals surface area (Å²) < 4.78 is 16.8. The Labute approximate surface area is 254 Å². The van der Waals surface area contributed by atoms with Crippen molar-refractivity contribution in [2.75, 3.05) is 31.6 Å². The summed E-state index contributed by atoms with van der Waals surface area (Å²) in [5, 5.41) is 26.1. The molecule has 0 aliphatic carbocycles. The number of carbonyl (C=O) groups is 2. The Kier molecular flexibility index (Phi) is 15.7. The number of aromatic carboxylic acids is 1. The van der Waals surface area contributed by atoms with Gasteiger partial charge in [-0.25, -0.2) is 9.59 Å². The van der Waals surface area contributed by atoms with E-state index in [1.807, 2.05) is 20.8 Å². The summed E-state index contributed by atoms with van der Waals surface area (Å²) in [6.45, 7) is 7.41. The van der Waals surface area contributed by atoms with Crippen LogP contribution in [0.3, 0.4) is 0 Å². The molecule has 1 amide bonds. The average molecular weight is 602 g/mol. The number of alkyl carbamates (subject to hydrolysis) is 1. The van der Waals surface area contributed by atoms with Gasteiger partial charge in [-0.2, -0.15) is 0 Å². The Morgan fingerprint density at radius 2 is 1.33 bits per heavy atom. The van der Waals surface area contributed by atoms with Gasteiger partial charge in [0.15, 0.2) is 0 Å². The number of unbranched alkanes of at least 4 members (excludes halogenated alkanes) is 9. The van der Waals surface area contributed by atoms with Gasteiger partial charge in [-0.1, -0.05) is 51.4 Å². The molecule has 0 bridgehead atoms. The van der Waals surface area contributed by atoms with E-state index in [0.717, 1.165) is 37.8 Å². The van der Waals surface area contributed by atoms with Crippen LogP contribution in [-0.4, -0.2) is 54.0 Å². The van der Waals surface area contributed by atoms with E-state index in [0.29, 0.717) is 31.2 Å². The molecule has 0 radical (unpaired) electrons. The molecule has 11 nitrogen and oxygen atoms in total. The third kappa shape index (κ3) is 16.3. The van der Waals surface area contributed by atoms with Crippen molar-refractivity contribution in [3.05, 3.63) is 58.1 Å². The van der Waals surface area contributed by atoms with E-state index in [1.165, 1.54) is 56.4 Å². The molecule has 2 rings (SSSR count). The first-order valence-electron chi connectivity index (χ1n) is 15.1. The van der Waals surface area contributed by atoms with Crippen molar-refractivity contribution < 1.29 is 33.8 Å². The lowest BCUT2D eigenvalue weighted by Crippen LogP contribution is -2.32. The number of carbonyl (C=O) groups excluding carboxylic acids is 1. The highest BCUT2D eigenvalue weighted by Crippen LogP contribution is 2.24. The lowest BCUT2D eigenvalue weighted by Gasteiger charge is -2.19. The van der Waals surface area contributed by atoms with Crippen LogP contribution in [-0.2, 0) is 4.74 Å². The van der Waals surface area contributed by atoms with Crippen LogP contribution < -0.4 is 20.1 Å². The van der Waals surface area contributed by atoms with Gasteiger partial charge in [-0.3, -0.25) is 10.1 Å². The number of anilines is 1. The van der Waals surface area contributed by atoms with E-state index in [2.05, 4.69) is 10.6 Å². The molecule has 0 aliphatic rings. The van der Waals surface area contributed by atoms with Crippen molar-refractivity contribution in [2.45, 2.75) is 90.6 Å². The molecule has 0 heterocycles. The molecular weight excluding hydrogens is 554 g/mol. The second-order valence-electron chi connectivity index (χ2n) is 11.4. The first kappa shape index (κ1) is 35.2. The molecule has 0 atom stereocenters. The number of carboxylic acid groups (broad SMARTS) is 1. The highest BCUT2D eigenvalue weighted by atomic mass is 16.6. The van der Waals surface area contributed by atoms with Gasteiger partial charge in [-0.05, 0) is 57.9 Å². The normalized spacial score (nSPS) is 11.0. The van der Waals surface area contributed by atoms with Gasteiger partial charge in [0.25, 0.3) is 5.69 Å². The van der Waals surface area contributed by atoms with Crippen LogP contribution in [0.5, 0.6) is 11.5 Å². The van der Waals surface area contributed by atoms with E-state index in [-0.39, 0.29) is 24.0 Å². The van der Waals surface area contributed by atoms with Crippen LogP contribution in [0, 0.1) is 10.1 Å². The molecule has 0 saturated carbocycles. The molecule has 0 unspecified atom stereocenters. The topological polar surface area (TPSA) is 149 Å². The van der Waals surface area contributed by atoms with Gasteiger partial charge in [0.05, 0.1) is 17.1 Å². The van der Waals surface area contributed by atoms with Crippen LogP contribution in [0.2, 0.25) is 0 Å². The minimum Gasteiger partial charge on any atom is -0.493 e. The van der Waals surface area contributed by atoms with Gasteiger partial charge in [-0.15, -0.1) is 0 Å². The molecule has 0 saturated heterocycles. The monoisotopic (exact) mass is 601 g/mol. The number of nitrogens with zero attached hydrogens (tertiary/aromatic N) is 1. The molecule has 3 N–H and O–H groups in total. The van der Waals surface area contributed by atoms with Crippen LogP contribution >= 0.6 is 0 Å². The van der Waals surface area contributed by atoms with Crippen molar-refractivity contribution in [1.82, 2.24) is 5.32 Å². The summed E-state index contributed by atoms with van der Waals surface area (Å²) in [6, 6.07) is 10.7. The maximum Gasteiger partial charge on any atom is 0.407 e. The van der Waals surface area contributed by atoms with Crippen LogP contribution in [0.1, 0.15) is 95.3 Å². The zero-order valence-electron chi connectivity index (χ0n) is 25.7. The van der Waals surface area contributed by atoms with Crippen molar-refractivity contribution in [1.29, 1.82) is 0 Å². The number of hydrogen-bond acceptors (Lipinski definition) is 8. The minimum absolute atomic E-state index is 0.0192. The van der Waals surface area contributed by atoms with E-state index < -0.39 is 16.5 Å². The summed E-state index contributed by atoms with van der Waals surface area (Å²) in [6.07, 6.45) is 10.7. The highest BCUT2D eigenvalue weighted by Gasteiger charge is 2.15. The lowest BCUT2D eigenvalue weighted by molar-refractivity contribution is -0.384. The number of carboxylic acids is 1. The van der Waals surface area contributed by atoms with Gasteiger partial charge in [0.1, 0.15) is 23.7 Å². The zero-order chi connectivity index (χ0) is 31.5. The smallest absolute Gasteiger partial charge is 0.407 e. The summed E-state index contributed by atoms with van der Waals surface area (Å²) in [4.78, 5) is 33.5. The maximum atomic E-state index is 11.6. The van der Waals surface area contributed by atoms with E-state index in [9.17, 15) is 24.8 Å². The van der Waals surface area contributed by atoms with E-state index in [4.69, 9.17) is 14.2 Å². The number of rotatable bonds is 21. The number of nitrogens with one attached hydrogen (secondary N) is 2. The van der Waals surface area contributed by atoms with E-state index in [1.54, 1.807) is 18.2 Å². The first-order chi connectivity index (χ1) is 20.5. The fourth-order valence-electron chi connectivity index (χ4n) is 4.26. The number of hydrogen-bond donors (Lipinski definition) is 3. The number of ether oxygens (including phenoxy) is 3. The molecule has 0 fully saturated rings. The second-order valence-corrected chi connectivity index (χ2v) is 11.4. The van der Waals surface area contributed by atoms with Gasteiger partial charge in [0, 0.05) is 37.0 Å². The fraction of sp³-hybridized carbons (Fsp3) is 0.562. The molecule has 2 aromatic carbocycles. The molecule has 0 aromatic heterocycles. The molecular formula is C32H47N3O8. The predicted octanol–water partition coefficient (Wildman–Crippen LogP) is 7.59. The van der Waals surface area contributed by atoms with Crippen LogP contribution in [0.25, 0.3) is 0 Å². The standard InChI is InChI=1S/C32H47N3O8/c1-32(2,3)43-31(38)34-18-12-10-8-6-4-5-7-9-11-13-20-41-28-22-25(30(36)37)23-29(24-28)42-21-19-33-26-14-16-27(17-15-26)35(39)40/h14-17,22-24,33H,4-13,18-21H2,1-3H3,(H,34,38)(H,36,37). The number of amides is 1. The third-order valence-electron chi connectivity index (χ3n) is 6.41. The number of nitro groups is 1.